The van der Waals surface area contributed by atoms with Crippen LogP contribution in [0.5, 0.6) is 0 Å². The molecule has 0 aliphatic carbocycles. The number of hydrogen-bond acceptors (Lipinski definition) is 3. The van der Waals surface area contributed by atoms with E-state index in [0.29, 0.717) is 6.04 Å². The van der Waals surface area contributed by atoms with Crippen molar-refractivity contribution in [2.24, 2.45) is 0 Å². The number of anilines is 1. The van der Waals surface area contributed by atoms with Gasteiger partial charge in [-0.1, -0.05) is 20.8 Å². The van der Waals surface area contributed by atoms with Crippen LogP contribution in [0.25, 0.3) is 0 Å². The molecule has 1 N–H and O–H groups in total. The fourth-order valence-corrected chi connectivity index (χ4v) is 1.99. The van der Waals surface area contributed by atoms with Gasteiger partial charge in [-0.2, -0.15) is 0 Å². The molecule has 1 heterocycles. The lowest BCUT2D eigenvalue weighted by Gasteiger charge is -2.29. The smallest absolute Gasteiger partial charge is 0.129 e. The molecule has 3 heteroatoms. The van der Waals surface area contributed by atoms with E-state index in [9.17, 15) is 5.11 Å². The predicted octanol–water partition coefficient (Wildman–Crippen LogP) is 3.11. The molecule has 0 unspecified atom stereocenters. The zero-order valence-corrected chi connectivity index (χ0v) is 12.5. The first-order valence-electron chi connectivity index (χ1n) is 6.68. The molecular weight excluding hydrogens is 224 g/mol. The molecule has 18 heavy (non-hydrogen) atoms. The quantitative estimate of drug-likeness (QED) is 0.892. The zero-order chi connectivity index (χ0) is 13.9. The van der Waals surface area contributed by atoms with Gasteiger partial charge in [-0.15, -0.1) is 0 Å². The number of aliphatic hydroxyl groups excluding tert-OH is 1. The van der Waals surface area contributed by atoms with E-state index in [4.69, 9.17) is 4.98 Å². The van der Waals surface area contributed by atoms with Crippen molar-refractivity contribution >= 4 is 5.82 Å². The molecule has 0 radical (unpaired) electrons. The van der Waals surface area contributed by atoms with E-state index < -0.39 is 0 Å². The third kappa shape index (κ3) is 3.45. The van der Waals surface area contributed by atoms with Gasteiger partial charge in [0.1, 0.15) is 5.82 Å². The van der Waals surface area contributed by atoms with Crippen LogP contribution in [-0.2, 0) is 12.0 Å². The maximum Gasteiger partial charge on any atom is 0.129 e. The Labute approximate surface area is 111 Å². The number of nitrogens with zero attached hydrogens (tertiary/aromatic N) is 2. The van der Waals surface area contributed by atoms with Gasteiger partial charge in [-0.3, -0.25) is 0 Å². The molecule has 0 aliphatic heterocycles. The van der Waals surface area contributed by atoms with E-state index in [1.807, 2.05) is 12.1 Å². The topological polar surface area (TPSA) is 36.4 Å². The Bertz CT molecular complexity index is 394. The molecule has 0 saturated heterocycles. The summed E-state index contributed by atoms with van der Waals surface area (Å²) in [6.07, 6.45) is 0. The number of aromatic nitrogens is 1. The molecule has 0 bridgehead atoms. The minimum Gasteiger partial charge on any atom is -0.392 e. The summed E-state index contributed by atoms with van der Waals surface area (Å²) in [6, 6.07) is 4.39. The molecule has 0 aliphatic rings. The van der Waals surface area contributed by atoms with Gasteiger partial charge >= 0.3 is 0 Å². The summed E-state index contributed by atoms with van der Waals surface area (Å²) in [5.74, 6) is 0.962. The summed E-state index contributed by atoms with van der Waals surface area (Å²) in [7, 11) is 0. The van der Waals surface area contributed by atoms with Crippen LogP contribution in [0, 0.1) is 0 Å². The summed E-state index contributed by atoms with van der Waals surface area (Å²) >= 11 is 0. The minimum absolute atomic E-state index is 0.00365. The van der Waals surface area contributed by atoms with Crippen molar-refractivity contribution in [2.75, 3.05) is 11.4 Å². The normalized spacial score (nSPS) is 12.0. The Morgan fingerprint density at radius 1 is 1.28 bits per heavy atom. The number of aliphatic hydroxyl groups is 1. The first-order valence-corrected chi connectivity index (χ1v) is 6.68. The van der Waals surface area contributed by atoms with Gasteiger partial charge in [0, 0.05) is 23.7 Å². The average molecular weight is 250 g/mol. The van der Waals surface area contributed by atoms with E-state index in [1.54, 1.807) is 0 Å². The Morgan fingerprint density at radius 3 is 2.28 bits per heavy atom. The zero-order valence-electron chi connectivity index (χ0n) is 12.5. The molecule has 0 aromatic carbocycles. The van der Waals surface area contributed by atoms with Gasteiger partial charge in [0.25, 0.3) is 0 Å². The minimum atomic E-state index is -0.00365. The molecule has 102 valence electrons. The maximum atomic E-state index is 9.40. The second kappa shape index (κ2) is 5.70. The fraction of sp³-hybridized carbons (Fsp3) is 0.667. The highest BCUT2D eigenvalue weighted by Gasteiger charge is 2.19. The first kappa shape index (κ1) is 15.0. The third-order valence-electron chi connectivity index (χ3n) is 3.08. The van der Waals surface area contributed by atoms with E-state index in [1.165, 1.54) is 0 Å². The lowest BCUT2D eigenvalue weighted by Crippen LogP contribution is -2.32. The second-order valence-corrected chi connectivity index (χ2v) is 6.01. The standard InChI is InChI=1S/C15H26N2O/c1-7-17(11(2)3)14-9-12(10-18)8-13(16-14)15(4,5)6/h8-9,11,18H,7,10H2,1-6H3. The third-order valence-corrected chi connectivity index (χ3v) is 3.08. The molecule has 1 rings (SSSR count). The van der Waals surface area contributed by atoms with Gasteiger partial charge in [-0.25, -0.2) is 4.98 Å². The van der Waals surface area contributed by atoms with Crippen molar-refractivity contribution in [3.63, 3.8) is 0 Å². The highest BCUT2D eigenvalue weighted by Crippen LogP contribution is 2.25. The van der Waals surface area contributed by atoms with Crippen LogP contribution in [0.4, 0.5) is 5.82 Å². The Balaban J connectivity index is 3.27. The average Bonchev–Trinajstić information content (AvgIpc) is 2.27. The summed E-state index contributed by atoms with van der Waals surface area (Å²) in [5, 5.41) is 9.40. The number of pyridine rings is 1. The highest BCUT2D eigenvalue weighted by molar-refractivity contribution is 5.44. The second-order valence-electron chi connectivity index (χ2n) is 6.01. The van der Waals surface area contributed by atoms with Gasteiger partial charge in [0.05, 0.1) is 6.61 Å². The van der Waals surface area contributed by atoms with Gasteiger partial charge in [-0.05, 0) is 38.5 Å². The Kier molecular flexibility index (Phi) is 4.74. The summed E-state index contributed by atoms with van der Waals surface area (Å²) in [6.45, 7) is 13.9. The Morgan fingerprint density at radius 2 is 1.89 bits per heavy atom. The molecule has 0 atom stereocenters. The van der Waals surface area contributed by atoms with Crippen LogP contribution in [0.15, 0.2) is 12.1 Å². The van der Waals surface area contributed by atoms with Crippen LogP contribution >= 0.6 is 0 Å². The van der Waals surface area contributed by atoms with Gasteiger partial charge in [0.2, 0.25) is 0 Å². The van der Waals surface area contributed by atoms with Crippen molar-refractivity contribution in [3.05, 3.63) is 23.4 Å². The molecule has 0 amide bonds. The van der Waals surface area contributed by atoms with Crippen LogP contribution in [0.1, 0.15) is 52.8 Å². The van der Waals surface area contributed by atoms with Crippen molar-refractivity contribution in [1.82, 2.24) is 4.98 Å². The molecule has 1 aromatic rings. The lowest BCUT2D eigenvalue weighted by atomic mass is 9.90. The maximum absolute atomic E-state index is 9.40. The van der Waals surface area contributed by atoms with Crippen LogP contribution in [-0.4, -0.2) is 22.7 Å². The molecule has 0 saturated carbocycles. The van der Waals surface area contributed by atoms with Crippen molar-refractivity contribution in [1.29, 1.82) is 0 Å². The summed E-state index contributed by atoms with van der Waals surface area (Å²) in [4.78, 5) is 7.00. The number of rotatable bonds is 4. The first-order chi connectivity index (χ1) is 8.29. The van der Waals surface area contributed by atoms with Crippen molar-refractivity contribution < 1.29 is 5.11 Å². The van der Waals surface area contributed by atoms with Crippen molar-refractivity contribution in [2.45, 2.75) is 59.6 Å². The molecule has 0 spiro atoms. The van der Waals surface area contributed by atoms with E-state index in [-0.39, 0.29) is 12.0 Å². The molecule has 3 nitrogen and oxygen atoms in total. The molecule has 1 aromatic heterocycles. The van der Waals surface area contributed by atoms with Crippen LogP contribution in [0.3, 0.4) is 0 Å². The van der Waals surface area contributed by atoms with E-state index >= 15 is 0 Å². The van der Waals surface area contributed by atoms with Crippen molar-refractivity contribution in [3.8, 4) is 0 Å². The fourth-order valence-electron chi connectivity index (χ4n) is 1.99. The van der Waals surface area contributed by atoms with Crippen LogP contribution in [0.2, 0.25) is 0 Å². The summed E-state index contributed by atoms with van der Waals surface area (Å²) in [5.41, 5.74) is 1.96. The SMILES string of the molecule is CCN(c1cc(CO)cc(C(C)(C)C)n1)C(C)C. The van der Waals surface area contributed by atoms with Gasteiger partial charge < -0.3 is 10.0 Å². The van der Waals surface area contributed by atoms with Gasteiger partial charge in [0.15, 0.2) is 0 Å². The highest BCUT2D eigenvalue weighted by atomic mass is 16.3. The van der Waals surface area contributed by atoms with E-state index in [0.717, 1.165) is 23.6 Å². The van der Waals surface area contributed by atoms with E-state index in [2.05, 4.69) is 46.4 Å². The monoisotopic (exact) mass is 250 g/mol. The Hall–Kier alpha value is -1.09. The lowest BCUT2D eigenvalue weighted by molar-refractivity contribution is 0.281. The largest absolute Gasteiger partial charge is 0.392 e. The molecule has 0 fully saturated rings. The molecular formula is C15H26N2O. The predicted molar refractivity (Wildman–Crippen MR) is 77.0 cm³/mol. The van der Waals surface area contributed by atoms with Crippen LogP contribution < -0.4 is 4.90 Å². The summed E-state index contributed by atoms with van der Waals surface area (Å²) < 4.78 is 0. The number of hydrogen-bond donors (Lipinski definition) is 1.